The summed E-state index contributed by atoms with van der Waals surface area (Å²) >= 11 is 3.25. The molecule has 4 nitrogen and oxygen atoms in total. The van der Waals surface area contributed by atoms with Crippen LogP contribution in [0.25, 0.3) is 0 Å². The molecule has 0 spiro atoms. The Labute approximate surface area is 91.4 Å². The Kier molecular flexibility index (Phi) is 4.13. The molecule has 78 valence electrons. The summed E-state index contributed by atoms with van der Waals surface area (Å²) in [6.07, 6.45) is 2.18. The average Bonchev–Trinajstić information content (AvgIpc) is 2.52. The van der Waals surface area contributed by atoms with Gasteiger partial charge in [0.25, 0.3) is 0 Å². The van der Waals surface area contributed by atoms with Gasteiger partial charge in [-0.15, -0.1) is 0 Å². The first-order valence-corrected chi connectivity index (χ1v) is 5.29. The molecule has 0 fully saturated rings. The van der Waals surface area contributed by atoms with Crippen molar-refractivity contribution in [3.63, 3.8) is 0 Å². The molecule has 0 aliphatic carbocycles. The molecule has 1 rings (SSSR count). The topological polar surface area (TPSA) is 44.1 Å². The molecule has 5 heteroatoms. The predicted molar refractivity (Wildman–Crippen MR) is 55.9 cm³/mol. The minimum atomic E-state index is -0.188. The maximum atomic E-state index is 11.2. The molecule has 0 aliphatic heterocycles. The first-order valence-electron chi connectivity index (χ1n) is 4.49. The minimum absolute atomic E-state index is 0.0281. The molecular weight excluding hydrogens is 248 g/mol. The standard InChI is InChI=1S/C9H13BrN2O2/c1-3-14-9(13)6-7(2)12-5-4-8(10)11-12/h4-5,7H,3,6H2,1-2H3/t7-/m1/s1. The molecule has 0 unspecified atom stereocenters. The molecule has 0 bridgehead atoms. The normalized spacial score (nSPS) is 12.5. The van der Waals surface area contributed by atoms with Gasteiger partial charge in [0.2, 0.25) is 0 Å². The minimum Gasteiger partial charge on any atom is -0.466 e. The van der Waals surface area contributed by atoms with E-state index in [2.05, 4.69) is 21.0 Å². The quantitative estimate of drug-likeness (QED) is 0.780. The number of carbonyl (C=O) groups excluding carboxylic acids is 1. The van der Waals surface area contributed by atoms with Gasteiger partial charge in [0, 0.05) is 6.20 Å². The summed E-state index contributed by atoms with van der Waals surface area (Å²) in [6, 6.07) is 1.86. The van der Waals surface area contributed by atoms with Crippen LogP contribution in [0.3, 0.4) is 0 Å². The van der Waals surface area contributed by atoms with Crippen LogP contribution in [-0.2, 0) is 9.53 Å². The molecule has 1 heterocycles. The smallest absolute Gasteiger partial charge is 0.307 e. The third-order valence-corrected chi connectivity index (χ3v) is 2.22. The molecule has 0 N–H and O–H groups in total. The van der Waals surface area contributed by atoms with Gasteiger partial charge in [-0.3, -0.25) is 9.48 Å². The molecule has 0 aromatic carbocycles. The summed E-state index contributed by atoms with van der Waals surface area (Å²) in [4.78, 5) is 11.2. The fraction of sp³-hybridized carbons (Fsp3) is 0.556. The van der Waals surface area contributed by atoms with Gasteiger partial charge < -0.3 is 4.74 Å². The van der Waals surface area contributed by atoms with Crippen molar-refractivity contribution in [1.82, 2.24) is 9.78 Å². The van der Waals surface area contributed by atoms with Crippen LogP contribution in [0.4, 0.5) is 0 Å². The van der Waals surface area contributed by atoms with Crippen molar-refractivity contribution in [1.29, 1.82) is 0 Å². The molecule has 0 saturated carbocycles. The van der Waals surface area contributed by atoms with E-state index in [0.717, 1.165) is 4.60 Å². The van der Waals surface area contributed by atoms with E-state index < -0.39 is 0 Å². The first kappa shape index (κ1) is 11.2. The highest BCUT2D eigenvalue weighted by molar-refractivity contribution is 9.10. The lowest BCUT2D eigenvalue weighted by Crippen LogP contribution is -2.13. The predicted octanol–water partition coefficient (Wildman–Crippen LogP) is 2.16. The van der Waals surface area contributed by atoms with Crippen molar-refractivity contribution >= 4 is 21.9 Å². The monoisotopic (exact) mass is 260 g/mol. The van der Waals surface area contributed by atoms with E-state index in [0.29, 0.717) is 13.0 Å². The Balaban J connectivity index is 2.50. The first-order chi connectivity index (χ1) is 6.63. The number of nitrogens with zero attached hydrogens (tertiary/aromatic N) is 2. The maximum Gasteiger partial charge on any atom is 0.307 e. The molecule has 1 aromatic heterocycles. The second-order valence-electron chi connectivity index (χ2n) is 2.98. The van der Waals surface area contributed by atoms with Crippen LogP contribution in [0.5, 0.6) is 0 Å². The van der Waals surface area contributed by atoms with Crippen LogP contribution in [0.2, 0.25) is 0 Å². The van der Waals surface area contributed by atoms with Crippen molar-refractivity contribution in [2.45, 2.75) is 26.3 Å². The van der Waals surface area contributed by atoms with Crippen LogP contribution in [-0.4, -0.2) is 22.4 Å². The van der Waals surface area contributed by atoms with E-state index in [1.54, 1.807) is 11.6 Å². The SMILES string of the molecule is CCOC(=O)C[C@@H](C)n1ccc(Br)n1. The van der Waals surface area contributed by atoms with Crippen molar-refractivity contribution in [2.24, 2.45) is 0 Å². The van der Waals surface area contributed by atoms with Crippen LogP contribution in [0, 0.1) is 0 Å². The highest BCUT2D eigenvalue weighted by Crippen LogP contribution is 2.13. The van der Waals surface area contributed by atoms with E-state index in [4.69, 9.17) is 4.74 Å². The van der Waals surface area contributed by atoms with Crippen molar-refractivity contribution in [3.8, 4) is 0 Å². The lowest BCUT2D eigenvalue weighted by Gasteiger charge is -2.10. The number of halogens is 1. The van der Waals surface area contributed by atoms with Crippen LogP contribution in [0.1, 0.15) is 26.3 Å². The Bertz CT molecular complexity index is 312. The van der Waals surface area contributed by atoms with Crippen LogP contribution < -0.4 is 0 Å². The number of hydrogen-bond acceptors (Lipinski definition) is 3. The number of rotatable bonds is 4. The zero-order valence-corrected chi connectivity index (χ0v) is 9.82. The van der Waals surface area contributed by atoms with Crippen LogP contribution >= 0.6 is 15.9 Å². The molecule has 14 heavy (non-hydrogen) atoms. The van der Waals surface area contributed by atoms with Crippen LogP contribution in [0.15, 0.2) is 16.9 Å². The summed E-state index contributed by atoms with van der Waals surface area (Å²) in [6.45, 7) is 4.15. The van der Waals surface area contributed by atoms with Gasteiger partial charge in [-0.2, -0.15) is 5.10 Å². The average molecular weight is 261 g/mol. The van der Waals surface area contributed by atoms with Gasteiger partial charge >= 0.3 is 5.97 Å². The Morgan fingerprint density at radius 3 is 3.00 bits per heavy atom. The Morgan fingerprint density at radius 2 is 2.50 bits per heavy atom. The summed E-state index contributed by atoms with van der Waals surface area (Å²) in [5.74, 6) is -0.188. The largest absolute Gasteiger partial charge is 0.466 e. The fourth-order valence-electron chi connectivity index (χ4n) is 1.11. The zero-order chi connectivity index (χ0) is 10.6. The van der Waals surface area contributed by atoms with Crippen molar-refractivity contribution < 1.29 is 9.53 Å². The summed E-state index contributed by atoms with van der Waals surface area (Å²) in [5, 5.41) is 4.15. The molecule has 0 radical (unpaired) electrons. The lowest BCUT2D eigenvalue weighted by molar-refractivity contribution is -0.143. The second kappa shape index (κ2) is 5.14. The summed E-state index contributed by atoms with van der Waals surface area (Å²) in [7, 11) is 0. The molecule has 1 aromatic rings. The van der Waals surface area contributed by atoms with E-state index in [-0.39, 0.29) is 12.0 Å². The summed E-state index contributed by atoms with van der Waals surface area (Å²) < 4.78 is 7.36. The Morgan fingerprint density at radius 1 is 1.79 bits per heavy atom. The zero-order valence-electron chi connectivity index (χ0n) is 8.24. The van der Waals surface area contributed by atoms with E-state index in [9.17, 15) is 4.79 Å². The maximum absolute atomic E-state index is 11.2. The summed E-state index contributed by atoms with van der Waals surface area (Å²) in [5.41, 5.74) is 0. The van der Waals surface area contributed by atoms with Gasteiger partial charge in [0.1, 0.15) is 4.60 Å². The lowest BCUT2D eigenvalue weighted by atomic mass is 10.2. The third-order valence-electron chi connectivity index (χ3n) is 1.79. The molecule has 1 atom stereocenters. The highest BCUT2D eigenvalue weighted by atomic mass is 79.9. The molecule has 0 amide bonds. The molecule has 0 aliphatic rings. The van der Waals surface area contributed by atoms with Gasteiger partial charge in [0.15, 0.2) is 0 Å². The van der Waals surface area contributed by atoms with Crippen molar-refractivity contribution in [3.05, 3.63) is 16.9 Å². The second-order valence-corrected chi connectivity index (χ2v) is 3.79. The number of carbonyl (C=O) groups is 1. The van der Waals surface area contributed by atoms with E-state index >= 15 is 0 Å². The van der Waals surface area contributed by atoms with Gasteiger partial charge in [0.05, 0.1) is 19.1 Å². The molecule has 0 saturated heterocycles. The number of hydrogen-bond donors (Lipinski definition) is 0. The number of esters is 1. The van der Waals surface area contributed by atoms with Crippen molar-refractivity contribution in [2.75, 3.05) is 6.61 Å². The highest BCUT2D eigenvalue weighted by Gasteiger charge is 2.11. The molecular formula is C9H13BrN2O2. The van der Waals surface area contributed by atoms with Gasteiger partial charge in [-0.1, -0.05) is 0 Å². The van der Waals surface area contributed by atoms with Gasteiger partial charge in [-0.25, -0.2) is 0 Å². The Hall–Kier alpha value is -0.840. The van der Waals surface area contributed by atoms with Gasteiger partial charge in [-0.05, 0) is 35.8 Å². The number of ether oxygens (including phenoxy) is 1. The number of aromatic nitrogens is 2. The third kappa shape index (κ3) is 3.14. The van der Waals surface area contributed by atoms with E-state index in [1.165, 1.54) is 0 Å². The van der Waals surface area contributed by atoms with E-state index in [1.807, 2.05) is 19.2 Å². The fourth-order valence-corrected chi connectivity index (χ4v) is 1.42.